The van der Waals surface area contributed by atoms with Gasteiger partial charge in [-0.1, -0.05) is 0 Å². The van der Waals surface area contributed by atoms with Gasteiger partial charge in [0.2, 0.25) is 0 Å². The number of hydrogen-bond donors (Lipinski definition) is 1. The van der Waals surface area contributed by atoms with Gasteiger partial charge < -0.3 is 15.2 Å². The molecule has 1 aliphatic heterocycles. The van der Waals surface area contributed by atoms with Crippen molar-refractivity contribution >= 4 is 0 Å². The zero-order valence-electron chi connectivity index (χ0n) is 8.01. The van der Waals surface area contributed by atoms with Crippen LogP contribution in [-0.4, -0.2) is 31.5 Å². The van der Waals surface area contributed by atoms with Gasteiger partial charge in [-0.2, -0.15) is 0 Å². The van der Waals surface area contributed by atoms with Crippen LogP contribution in [0.4, 0.5) is 0 Å². The van der Waals surface area contributed by atoms with Gasteiger partial charge >= 0.3 is 0 Å². The normalized spacial score (nSPS) is 30.0. The van der Waals surface area contributed by atoms with E-state index in [1.807, 2.05) is 0 Å². The maximum absolute atomic E-state index is 5.83. The smallest absolute Gasteiger partial charge is 0.0952 e. The molecule has 1 aliphatic rings. The van der Waals surface area contributed by atoms with Crippen molar-refractivity contribution < 1.29 is 9.47 Å². The summed E-state index contributed by atoms with van der Waals surface area (Å²) in [5.41, 5.74) is 5.45. The third kappa shape index (κ3) is 2.44. The van der Waals surface area contributed by atoms with Gasteiger partial charge in [-0.25, -0.2) is 0 Å². The maximum Gasteiger partial charge on any atom is 0.0952 e. The first-order chi connectivity index (χ1) is 5.68. The molecule has 2 N–H and O–H groups in total. The topological polar surface area (TPSA) is 44.5 Å². The van der Waals surface area contributed by atoms with Gasteiger partial charge in [0.25, 0.3) is 0 Å². The van der Waals surface area contributed by atoms with Crippen LogP contribution in [0.1, 0.15) is 26.7 Å². The second-order valence-corrected chi connectivity index (χ2v) is 3.69. The van der Waals surface area contributed by atoms with E-state index in [0.717, 1.165) is 19.4 Å². The number of ether oxygens (including phenoxy) is 2. The highest BCUT2D eigenvalue weighted by Gasteiger charge is 2.35. The molecule has 0 bridgehead atoms. The molecule has 0 amide bonds. The van der Waals surface area contributed by atoms with Crippen LogP contribution in [0, 0.1) is 0 Å². The summed E-state index contributed by atoms with van der Waals surface area (Å²) >= 11 is 0. The second-order valence-electron chi connectivity index (χ2n) is 3.69. The summed E-state index contributed by atoms with van der Waals surface area (Å²) in [6, 6.07) is 0. The summed E-state index contributed by atoms with van der Waals surface area (Å²) in [6.07, 6.45) is 2.16. The molecule has 0 saturated carbocycles. The van der Waals surface area contributed by atoms with Gasteiger partial charge in [0, 0.05) is 13.0 Å². The molecule has 1 heterocycles. The molecular weight excluding hydrogens is 154 g/mol. The Kier molecular flexibility index (Phi) is 3.50. The fourth-order valence-electron chi connectivity index (χ4n) is 1.70. The molecule has 72 valence electrons. The minimum atomic E-state index is -0.0804. The highest BCUT2D eigenvalue weighted by molar-refractivity contribution is 4.85. The van der Waals surface area contributed by atoms with Crippen LogP contribution in [0.15, 0.2) is 0 Å². The van der Waals surface area contributed by atoms with E-state index in [4.69, 9.17) is 15.2 Å². The van der Waals surface area contributed by atoms with Crippen molar-refractivity contribution in [3.63, 3.8) is 0 Å². The Bertz CT molecular complexity index is 130. The first-order valence-corrected chi connectivity index (χ1v) is 4.64. The van der Waals surface area contributed by atoms with Crippen LogP contribution in [0.25, 0.3) is 0 Å². The zero-order chi connectivity index (χ0) is 9.03. The van der Waals surface area contributed by atoms with Gasteiger partial charge in [-0.15, -0.1) is 0 Å². The monoisotopic (exact) mass is 173 g/mol. The first kappa shape index (κ1) is 9.96. The van der Waals surface area contributed by atoms with Crippen molar-refractivity contribution in [1.29, 1.82) is 0 Å². The summed E-state index contributed by atoms with van der Waals surface area (Å²) in [5, 5.41) is 0. The lowest BCUT2D eigenvalue weighted by atomic mass is 9.98. The Morgan fingerprint density at radius 1 is 1.58 bits per heavy atom. The van der Waals surface area contributed by atoms with Crippen molar-refractivity contribution in [3.05, 3.63) is 0 Å². The molecular formula is C9H19NO2. The van der Waals surface area contributed by atoms with E-state index < -0.39 is 0 Å². The van der Waals surface area contributed by atoms with E-state index in [9.17, 15) is 0 Å². The minimum Gasteiger partial charge on any atom is -0.378 e. The van der Waals surface area contributed by atoms with E-state index >= 15 is 0 Å². The molecule has 0 aromatic carbocycles. The SMILES string of the molecule is CC(C)OC1(CCN)CCOC1. The predicted molar refractivity (Wildman–Crippen MR) is 48.1 cm³/mol. The van der Waals surface area contributed by atoms with Crippen LogP contribution >= 0.6 is 0 Å². The molecule has 1 atom stereocenters. The number of hydrogen-bond acceptors (Lipinski definition) is 3. The molecule has 0 radical (unpaired) electrons. The average molecular weight is 173 g/mol. The van der Waals surface area contributed by atoms with Gasteiger partial charge in [-0.3, -0.25) is 0 Å². The number of rotatable bonds is 4. The van der Waals surface area contributed by atoms with E-state index in [-0.39, 0.29) is 11.7 Å². The molecule has 1 saturated heterocycles. The fourth-order valence-corrected chi connectivity index (χ4v) is 1.70. The zero-order valence-corrected chi connectivity index (χ0v) is 8.01. The fraction of sp³-hybridized carbons (Fsp3) is 1.00. The molecule has 1 rings (SSSR count). The summed E-state index contributed by atoms with van der Waals surface area (Å²) in [5.74, 6) is 0. The van der Waals surface area contributed by atoms with E-state index in [0.29, 0.717) is 13.2 Å². The molecule has 0 aliphatic carbocycles. The summed E-state index contributed by atoms with van der Waals surface area (Å²) in [6.45, 7) is 6.30. The van der Waals surface area contributed by atoms with E-state index in [1.54, 1.807) is 0 Å². The van der Waals surface area contributed by atoms with Gasteiger partial charge in [0.15, 0.2) is 0 Å². The van der Waals surface area contributed by atoms with Crippen molar-refractivity contribution in [1.82, 2.24) is 0 Å². The van der Waals surface area contributed by atoms with E-state index in [2.05, 4.69) is 13.8 Å². The van der Waals surface area contributed by atoms with Crippen molar-refractivity contribution in [3.8, 4) is 0 Å². The molecule has 0 aromatic rings. The van der Waals surface area contributed by atoms with Gasteiger partial charge in [0.05, 0.1) is 18.3 Å². The Labute approximate surface area is 74.2 Å². The third-order valence-corrected chi connectivity index (χ3v) is 2.15. The quantitative estimate of drug-likeness (QED) is 0.687. The highest BCUT2D eigenvalue weighted by atomic mass is 16.6. The largest absolute Gasteiger partial charge is 0.378 e. The summed E-state index contributed by atoms with van der Waals surface area (Å²) in [4.78, 5) is 0. The Morgan fingerprint density at radius 2 is 2.33 bits per heavy atom. The van der Waals surface area contributed by atoms with Crippen LogP contribution < -0.4 is 5.73 Å². The first-order valence-electron chi connectivity index (χ1n) is 4.64. The highest BCUT2D eigenvalue weighted by Crippen LogP contribution is 2.27. The molecule has 12 heavy (non-hydrogen) atoms. The molecule has 0 spiro atoms. The van der Waals surface area contributed by atoms with Gasteiger partial charge in [-0.05, 0) is 26.8 Å². The maximum atomic E-state index is 5.83. The summed E-state index contributed by atoms with van der Waals surface area (Å²) < 4.78 is 11.2. The standard InChI is InChI=1S/C9H19NO2/c1-8(2)12-9(3-5-10)4-6-11-7-9/h8H,3-7,10H2,1-2H3. The van der Waals surface area contributed by atoms with Crippen molar-refractivity contribution in [2.75, 3.05) is 19.8 Å². The van der Waals surface area contributed by atoms with Crippen LogP contribution in [-0.2, 0) is 9.47 Å². The van der Waals surface area contributed by atoms with E-state index in [1.165, 1.54) is 0 Å². The lowest BCUT2D eigenvalue weighted by Crippen LogP contribution is -2.37. The van der Waals surface area contributed by atoms with Crippen molar-refractivity contribution in [2.24, 2.45) is 5.73 Å². The van der Waals surface area contributed by atoms with Crippen molar-refractivity contribution in [2.45, 2.75) is 38.4 Å². The summed E-state index contributed by atoms with van der Waals surface area (Å²) in [7, 11) is 0. The molecule has 0 aromatic heterocycles. The Hall–Kier alpha value is -0.120. The second kappa shape index (κ2) is 4.21. The Balaban J connectivity index is 2.46. The van der Waals surface area contributed by atoms with Gasteiger partial charge in [0.1, 0.15) is 0 Å². The van der Waals surface area contributed by atoms with Crippen LogP contribution in [0.2, 0.25) is 0 Å². The molecule has 3 nitrogen and oxygen atoms in total. The molecule has 1 unspecified atom stereocenters. The number of nitrogens with two attached hydrogens (primary N) is 1. The lowest BCUT2D eigenvalue weighted by molar-refractivity contribution is -0.0850. The third-order valence-electron chi connectivity index (χ3n) is 2.15. The lowest BCUT2D eigenvalue weighted by Gasteiger charge is -2.29. The van der Waals surface area contributed by atoms with Crippen LogP contribution in [0.5, 0.6) is 0 Å². The average Bonchev–Trinajstić information content (AvgIpc) is 2.36. The minimum absolute atomic E-state index is 0.0804. The molecule has 3 heteroatoms. The molecule has 1 fully saturated rings. The predicted octanol–water partition coefficient (Wildman–Crippen LogP) is 0.919. The van der Waals surface area contributed by atoms with Crippen LogP contribution in [0.3, 0.4) is 0 Å². The Morgan fingerprint density at radius 3 is 2.75 bits per heavy atom.